The van der Waals surface area contributed by atoms with Gasteiger partial charge in [0.15, 0.2) is 0 Å². The number of likely N-dealkylation sites (tertiary alicyclic amines) is 1. The molecule has 0 bridgehead atoms. The highest BCUT2D eigenvalue weighted by molar-refractivity contribution is 7.09. The lowest BCUT2D eigenvalue weighted by Gasteiger charge is -2.32. The summed E-state index contributed by atoms with van der Waals surface area (Å²) in [6, 6.07) is 0. The van der Waals surface area contributed by atoms with Crippen LogP contribution in [0.5, 0.6) is 0 Å². The Balaban J connectivity index is 1.84. The first-order chi connectivity index (χ1) is 10.2. The average Bonchev–Trinajstić information content (AvgIpc) is 3.00. The molecule has 0 spiro atoms. The molecule has 1 aromatic rings. The molecule has 1 N–H and O–H groups in total. The smallest absolute Gasteiger partial charge is 0.223 e. The minimum atomic E-state index is 0.00535. The molecule has 0 aromatic carbocycles. The Hall–Kier alpha value is -0.980. The van der Waals surface area contributed by atoms with Gasteiger partial charge in [-0.25, -0.2) is 4.98 Å². The first-order valence-corrected chi connectivity index (χ1v) is 8.60. The van der Waals surface area contributed by atoms with Gasteiger partial charge in [0.1, 0.15) is 5.01 Å². The standard InChI is InChI=1S/C15H25N3O2S/c1-2-17-6-3-13(4-7-17)11-15(20)18(8-9-19)12-14-16-5-10-21-14/h5,10,13,19H,2-4,6-9,11-12H2,1H3. The zero-order valence-corrected chi connectivity index (χ0v) is 13.5. The fourth-order valence-electron chi connectivity index (χ4n) is 2.79. The molecule has 6 heteroatoms. The van der Waals surface area contributed by atoms with E-state index in [1.54, 1.807) is 22.4 Å². The largest absolute Gasteiger partial charge is 0.395 e. The maximum absolute atomic E-state index is 12.5. The third kappa shape index (κ3) is 5.05. The van der Waals surface area contributed by atoms with Crippen LogP contribution in [0.1, 0.15) is 31.2 Å². The summed E-state index contributed by atoms with van der Waals surface area (Å²) in [4.78, 5) is 20.9. The van der Waals surface area contributed by atoms with Crippen molar-refractivity contribution >= 4 is 17.2 Å². The summed E-state index contributed by atoms with van der Waals surface area (Å²) < 4.78 is 0. The summed E-state index contributed by atoms with van der Waals surface area (Å²) in [5.41, 5.74) is 0. The first kappa shape index (κ1) is 16.4. The molecule has 1 aliphatic heterocycles. The van der Waals surface area contributed by atoms with Crippen molar-refractivity contribution in [2.45, 2.75) is 32.7 Å². The van der Waals surface area contributed by atoms with Crippen LogP contribution in [-0.4, -0.2) is 58.6 Å². The molecule has 1 saturated heterocycles. The highest BCUT2D eigenvalue weighted by Gasteiger charge is 2.23. The van der Waals surface area contributed by atoms with Crippen molar-refractivity contribution in [1.29, 1.82) is 0 Å². The lowest BCUT2D eigenvalue weighted by Crippen LogP contribution is -2.38. The highest BCUT2D eigenvalue weighted by Crippen LogP contribution is 2.21. The van der Waals surface area contributed by atoms with Crippen molar-refractivity contribution in [1.82, 2.24) is 14.8 Å². The Morgan fingerprint density at radius 3 is 2.86 bits per heavy atom. The van der Waals surface area contributed by atoms with E-state index in [4.69, 9.17) is 5.11 Å². The van der Waals surface area contributed by atoms with Crippen LogP contribution < -0.4 is 0 Å². The third-order valence-corrected chi connectivity index (χ3v) is 4.91. The summed E-state index contributed by atoms with van der Waals surface area (Å²) in [6.07, 6.45) is 4.55. The number of aliphatic hydroxyl groups excluding tert-OH is 1. The van der Waals surface area contributed by atoms with Gasteiger partial charge in [0.05, 0.1) is 13.2 Å². The molecular formula is C15H25N3O2S. The van der Waals surface area contributed by atoms with Crippen LogP contribution in [0.2, 0.25) is 0 Å². The van der Waals surface area contributed by atoms with Crippen LogP contribution in [0.3, 0.4) is 0 Å². The molecule has 118 valence electrons. The minimum absolute atomic E-state index is 0.00535. The monoisotopic (exact) mass is 311 g/mol. The van der Waals surface area contributed by atoms with Gasteiger partial charge in [0.25, 0.3) is 0 Å². The second-order valence-electron chi connectivity index (χ2n) is 5.55. The van der Waals surface area contributed by atoms with E-state index in [-0.39, 0.29) is 12.5 Å². The van der Waals surface area contributed by atoms with Gasteiger partial charge in [-0.2, -0.15) is 0 Å². The number of carbonyl (C=O) groups is 1. The van der Waals surface area contributed by atoms with Gasteiger partial charge in [0, 0.05) is 24.5 Å². The molecule has 2 heterocycles. The van der Waals surface area contributed by atoms with Crippen LogP contribution in [0.4, 0.5) is 0 Å². The van der Waals surface area contributed by atoms with Gasteiger partial charge in [-0.15, -0.1) is 11.3 Å². The number of rotatable bonds is 7. The molecule has 1 amide bonds. The zero-order chi connectivity index (χ0) is 15.1. The Morgan fingerprint density at radius 2 is 2.29 bits per heavy atom. The van der Waals surface area contributed by atoms with Crippen molar-refractivity contribution in [3.05, 3.63) is 16.6 Å². The van der Waals surface area contributed by atoms with E-state index in [9.17, 15) is 4.79 Å². The van der Waals surface area contributed by atoms with Crippen molar-refractivity contribution in [2.24, 2.45) is 5.92 Å². The number of carbonyl (C=O) groups excluding carboxylic acids is 1. The van der Waals surface area contributed by atoms with Crippen molar-refractivity contribution in [2.75, 3.05) is 32.8 Å². The lowest BCUT2D eigenvalue weighted by atomic mass is 9.93. The fraction of sp³-hybridized carbons (Fsp3) is 0.733. The van der Waals surface area contributed by atoms with Crippen molar-refractivity contribution < 1.29 is 9.90 Å². The Labute approximate surface area is 130 Å². The zero-order valence-electron chi connectivity index (χ0n) is 12.7. The van der Waals surface area contributed by atoms with E-state index in [2.05, 4.69) is 16.8 Å². The Morgan fingerprint density at radius 1 is 1.52 bits per heavy atom. The minimum Gasteiger partial charge on any atom is -0.395 e. The Kier molecular flexibility index (Phi) is 6.60. The maximum Gasteiger partial charge on any atom is 0.223 e. The normalized spacial score (nSPS) is 17.0. The van der Waals surface area contributed by atoms with Gasteiger partial charge in [-0.05, 0) is 38.4 Å². The number of amides is 1. The fourth-order valence-corrected chi connectivity index (χ4v) is 3.42. The summed E-state index contributed by atoms with van der Waals surface area (Å²) in [5, 5.41) is 12.0. The van der Waals surface area contributed by atoms with E-state index in [1.807, 2.05) is 5.38 Å². The molecule has 0 radical (unpaired) electrons. The molecule has 0 atom stereocenters. The second-order valence-corrected chi connectivity index (χ2v) is 6.53. The quantitative estimate of drug-likeness (QED) is 0.831. The summed E-state index contributed by atoms with van der Waals surface area (Å²) in [6.45, 7) is 6.40. The van der Waals surface area contributed by atoms with E-state index in [1.165, 1.54) is 0 Å². The van der Waals surface area contributed by atoms with Crippen LogP contribution in [0, 0.1) is 5.92 Å². The van der Waals surface area contributed by atoms with Crippen LogP contribution in [0.25, 0.3) is 0 Å². The molecule has 0 saturated carbocycles. The molecular weight excluding hydrogens is 286 g/mol. The number of piperidine rings is 1. The van der Waals surface area contributed by atoms with Crippen LogP contribution in [-0.2, 0) is 11.3 Å². The van der Waals surface area contributed by atoms with E-state index < -0.39 is 0 Å². The van der Waals surface area contributed by atoms with Gasteiger partial charge in [-0.3, -0.25) is 4.79 Å². The second kappa shape index (κ2) is 8.46. The van der Waals surface area contributed by atoms with Crippen LogP contribution >= 0.6 is 11.3 Å². The predicted octanol–water partition coefficient (Wildman–Crippen LogP) is 1.59. The molecule has 2 rings (SSSR count). The number of aromatic nitrogens is 1. The van der Waals surface area contributed by atoms with E-state index in [0.717, 1.165) is 37.5 Å². The van der Waals surface area contributed by atoms with Gasteiger partial charge < -0.3 is 14.9 Å². The number of thiazole rings is 1. The number of nitrogens with zero attached hydrogens (tertiary/aromatic N) is 3. The Bertz CT molecular complexity index is 417. The molecule has 1 aromatic heterocycles. The van der Waals surface area contributed by atoms with Crippen LogP contribution in [0.15, 0.2) is 11.6 Å². The van der Waals surface area contributed by atoms with Crippen molar-refractivity contribution in [3.8, 4) is 0 Å². The SMILES string of the molecule is CCN1CCC(CC(=O)N(CCO)Cc2nccs2)CC1. The molecule has 5 nitrogen and oxygen atoms in total. The summed E-state index contributed by atoms with van der Waals surface area (Å²) in [5.74, 6) is 0.631. The molecule has 0 unspecified atom stereocenters. The van der Waals surface area contributed by atoms with Crippen molar-refractivity contribution in [3.63, 3.8) is 0 Å². The maximum atomic E-state index is 12.5. The topological polar surface area (TPSA) is 56.7 Å². The molecule has 0 aliphatic carbocycles. The number of aliphatic hydroxyl groups is 1. The summed E-state index contributed by atoms with van der Waals surface area (Å²) >= 11 is 1.55. The highest BCUT2D eigenvalue weighted by atomic mass is 32.1. The number of hydrogen-bond acceptors (Lipinski definition) is 5. The predicted molar refractivity (Wildman–Crippen MR) is 84.1 cm³/mol. The first-order valence-electron chi connectivity index (χ1n) is 7.72. The molecule has 1 aliphatic rings. The van der Waals surface area contributed by atoms with Gasteiger partial charge in [0.2, 0.25) is 5.91 Å². The van der Waals surface area contributed by atoms with E-state index >= 15 is 0 Å². The molecule has 21 heavy (non-hydrogen) atoms. The summed E-state index contributed by atoms with van der Waals surface area (Å²) in [7, 11) is 0. The van der Waals surface area contributed by atoms with Gasteiger partial charge in [-0.1, -0.05) is 6.92 Å². The van der Waals surface area contributed by atoms with E-state index in [0.29, 0.717) is 25.4 Å². The van der Waals surface area contributed by atoms with Gasteiger partial charge >= 0.3 is 0 Å². The average molecular weight is 311 g/mol. The third-order valence-electron chi connectivity index (χ3n) is 4.15. The lowest BCUT2D eigenvalue weighted by molar-refractivity contribution is -0.133. The molecule has 1 fully saturated rings. The number of hydrogen-bond donors (Lipinski definition) is 1.